The van der Waals surface area contributed by atoms with Gasteiger partial charge in [-0.15, -0.1) is 0 Å². The molecular weight excluding hydrogens is 274 g/mol. The highest BCUT2D eigenvalue weighted by Crippen LogP contribution is 2.15. The van der Waals surface area contributed by atoms with E-state index in [1.807, 2.05) is 12.4 Å². The zero-order valence-electron chi connectivity index (χ0n) is 13.6. The third-order valence-corrected chi connectivity index (χ3v) is 4.27. The maximum Gasteiger partial charge on any atom is 0.225 e. The van der Waals surface area contributed by atoms with Crippen molar-refractivity contribution in [2.75, 3.05) is 25.0 Å². The molecular formula is C17H25N5. The third-order valence-electron chi connectivity index (χ3n) is 4.27. The van der Waals surface area contributed by atoms with E-state index in [-0.39, 0.29) is 0 Å². The van der Waals surface area contributed by atoms with E-state index in [2.05, 4.69) is 56.8 Å². The first-order valence-corrected chi connectivity index (χ1v) is 8.07. The van der Waals surface area contributed by atoms with Gasteiger partial charge >= 0.3 is 0 Å². The van der Waals surface area contributed by atoms with Crippen LogP contribution in [0.3, 0.4) is 0 Å². The summed E-state index contributed by atoms with van der Waals surface area (Å²) in [6.07, 6.45) is 9.87. The maximum atomic E-state index is 4.55. The predicted octanol–water partition coefficient (Wildman–Crippen LogP) is 2.44. The van der Waals surface area contributed by atoms with Crippen molar-refractivity contribution in [3.63, 3.8) is 0 Å². The highest BCUT2D eigenvalue weighted by molar-refractivity contribution is 5.30. The molecule has 3 rings (SSSR count). The Balaban J connectivity index is 1.57. The molecule has 0 bridgehead atoms. The maximum absolute atomic E-state index is 4.55. The number of nitrogens with zero attached hydrogens (tertiary/aromatic N) is 5. The minimum absolute atomic E-state index is 0.867. The lowest BCUT2D eigenvalue weighted by molar-refractivity contribution is 0.311. The minimum atomic E-state index is 0.867. The van der Waals surface area contributed by atoms with Crippen molar-refractivity contribution < 1.29 is 0 Å². The topological polar surface area (TPSA) is 37.2 Å². The molecule has 1 saturated heterocycles. The Morgan fingerprint density at radius 2 is 1.82 bits per heavy atom. The molecule has 1 fully saturated rings. The zero-order valence-corrected chi connectivity index (χ0v) is 13.6. The first kappa shape index (κ1) is 15.0. The molecule has 0 amide bonds. The molecule has 0 aliphatic carbocycles. The monoisotopic (exact) mass is 299 g/mol. The van der Waals surface area contributed by atoms with E-state index in [9.17, 15) is 0 Å². The van der Waals surface area contributed by atoms with Crippen LogP contribution in [0.25, 0.3) is 0 Å². The summed E-state index contributed by atoms with van der Waals surface area (Å²) in [6, 6.07) is 4.24. The standard InChI is InChI=1S/C17H25N5/c1-20(14-16-7-6-8-21(16)2)13-15-11-18-17(19-12-15)22-9-4-3-5-10-22/h6-8,11-12H,3-5,9-10,13-14H2,1-2H3. The summed E-state index contributed by atoms with van der Waals surface area (Å²) in [4.78, 5) is 13.7. The molecule has 1 aliphatic heterocycles. The molecule has 118 valence electrons. The van der Waals surface area contributed by atoms with E-state index in [1.54, 1.807) is 0 Å². The minimum Gasteiger partial charge on any atom is -0.353 e. The summed E-state index contributed by atoms with van der Waals surface area (Å²) in [6.45, 7) is 3.97. The number of aromatic nitrogens is 3. The first-order chi connectivity index (χ1) is 10.7. The van der Waals surface area contributed by atoms with Gasteiger partial charge in [0.1, 0.15) is 0 Å². The van der Waals surface area contributed by atoms with Crippen molar-refractivity contribution in [1.82, 2.24) is 19.4 Å². The zero-order chi connectivity index (χ0) is 15.4. The van der Waals surface area contributed by atoms with Crippen LogP contribution in [-0.4, -0.2) is 39.6 Å². The van der Waals surface area contributed by atoms with Crippen molar-refractivity contribution in [2.24, 2.45) is 7.05 Å². The Bertz CT molecular complexity index is 583. The van der Waals surface area contributed by atoms with Gasteiger partial charge in [-0.1, -0.05) is 0 Å². The summed E-state index contributed by atoms with van der Waals surface area (Å²) < 4.78 is 2.16. The molecule has 0 aromatic carbocycles. The summed E-state index contributed by atoms with van der Waals surface area (Å²) in [5.41, 5.74) is 2.48. The molecule has 22 heavy (non-hydrogen) atoms. The van der Waals surface area contributed by atoms with Gasteiger partial charge in [0.25, 0.3) is 0 Å². The van der Waals surface area contributed by atoms with Crippen LogP contribution in [0, 0.1) is 0 Å². The van der Waals surface area contributed by atoms with Crippen molar-refractivity contribution in [3.05, 3.63) is 42.0 Å². The predicted molar refractivity (Wildman–Crippen MR) is 88.7 cm³/mol. The second-order valence-corrected chi connectivity index (χ2v) is 6.22. The molecule has 0 N–H and O–H groups in total. The smallest absolute Gasteiger partial charge is 0.225 e. The molecule has 0 saturated carbocycles. The van der Waals surface area contributed by atoms with Gasteiger partial charge < -0.3 is 9.47 Å². The van der Waals surface area contributed by atoms with Crippen LogP contribution in [0.1, 0.15) is 30.5 Å². The van der Waals surface area contributed by atoms with Crippen LogP contribution in [-0.2, 0) is 20.1 Å². The van der Waals surface area contributed by atoms with Gasteiger partial charge in [0.05, 0.1) is 0 Å². The van der Waals surface area contributed by atoms with E-state index in [1.165, 1.54) is 25.0 Å². The van der Waals surface area contributed by atoms with Crippen LogP contribution < -0.4 is 4.90 Å². The Labute approximate surface area is 132 Å². The SMILES string of the molecule is CN(Cc1cnc(N2CCCCC2)nc1)Cc1cccn1C. The summed E-state index contributed by atoms with van der Waals surface area (Å²) >= 11 is 0. The first-order valence-electron chi connectivity index (χ1n) is 8.07. The van der Waals surface area contributed by atoms with Crippen LogP contribution in [0.5, 0.6) is 0 Å². The molecule has 2 aromatic rings. The molecule has 1 aliphatic rings. The van der Waals surface area contributed by atoms with Crippen molar-refractivity contribution in [2.45, 2.75) is 32.4 Å². The van der Waals surface area contributed by atoms with Crippen LogP contribution in [0.2, 0.25) is 0 Å². The largest absolute Gasteiger partial charge is 0.353 e. The fourth-order valence-corrected chi connectivity index (χ4v) is 2.99. The number of anilines is 1. The lowest BCUT2D eigenvalue weighted by Gasteiger charge is -2.26. The van der Waals surface area contributed by atoms with Gasteiger partial charge in [-0.3, -0.25) is 4.90 Å². The second-order valence-electron chi connectivity index (χ2n) is 6.22. The number of piperidine rings is 1. The number of rotatable bonds is 5. The molecule has 2 aromatic heterocycles. The second kappa shape index (κ2) is 6.92. The average molecular weight is 299 g/mol. The van der Waals surface area contributed by atoms with Crippen LogP contribution in [0.15, 0.2) is 30.7 Å². The van der Waals surface area contributed by atoms with E-state index >= 15 is 0 Å². The number of hydrogen-bond acceptors (Lipinski definition) is 4. The fourth-order valence-electron chi connectivity index (χ4n) is 2.99. The average Bonchev–Trinajstić information content (AvgIpc) is 2.94. The lowest BCUT2D eigenvalue weighted by atomic mass is 10.1. The van der Waals surface area contributed by atoms with Crippen molar-refractivity contribution in [3.8, 4) is 0 Å². The number of hydrogen-bond donors (Lipinski definition) is 0. The Hall–Kier alpha value is -1.88. The Kier molecular flexibility index (Phi) is 4.73. The van der Waals surface area contributed by atoms with E-state index in [4.69, 9.17) is 0 Å². The number of aryl methyl sites for hydroxylation is 1. The Morgan fingerprint density at radius 1 is 1.09 bits per heavy atom. The van der Waals surface area contributed by atoms with Gasteiger partial charge in [-0.05, 0) is 38.4 Å². The van der Waals surface area contributed by atoms with E-state index < -0.39 is 0 Å². The Morgan fingerprint density at radius 3 is 2.45 bits per heavy atom. The van der Waals surface area contributed by atoms with Gasteiger partial charge in [-0.2, -0.15) is 0 Å². The van der Waals surface area contributed by atoms with Crippen molar-refractivity contribution in [1.29, 1.82) is 0 Å². The summed E-state index contributed by atoms with van der Waals surface area (Å²) in [5, 5.41) is 0. The molecule has 0 unspecified atom stereocenters. The molecule has 0 atom stereocenters. The molecule has 0 spiro atoms. The quantitative estimate of drug-likeness (QED) is 0.850. The molecule has 3 heterocycles. The summed E-state index contributed by atoms with van der Waals surface area (Å²) in [5.74, 6) is 0.883. The molecule has 0 radical (unpaired) electrons. The molecule has 5 nitrogen and oxygen atoms in total. The van der Waals surface area contributed by atoms with E-state index in [0.29, 0.717) is 0 Å². The van der Waals surface area contributed by atoms with E-state index in [0.717, 1.165) is 37.7 Å². The van der Waals surface area contributed by atoms with Crippen molar-refractivity contribution >= 4 is 5.95 Å². The summed E-state index contributed by atoms with van der Waals surface area (Å²) in [7, 11) is 4.21. The molecule has 5 heteroatoms. The van der Waals surface area contributed by atoms with Gasteiger partial charge in [-0.25, -0.2) is 9.97 Å². The lowest BCUT2D eigenvalue weighted by Crippen LogP contribution is -2.31. The van der Waals surface area contributed by atoms with Gasteiger partial charge in [0.2, 0.25) is 5.95 Å². The normalized spacial score (nSPS) is 15.5. The highest BCUT2D eigenvalue weighted by atomic mass is 15.2. The van der Waals surface area contributed by atoms with Crippen LogP contribution in [0.4, 0.5) is 5.95 Å². The third kappa shape index (κ3) is 3.65. The highest BCUT2D eigenvalue weighted by Gasteiger charge is 2.13. The van der Waals surface area contributed by atoms with Crippen LogP contribution >= 0.6 is 0 Å². The van der Waals surface area contributed by atoms with Gasteiger partial charge in [0.15, 0.2) is 0 Å². The fraction of sp³-hybridized carbons (Fsp3) is 0.529. The van der Waals surface area contributed by atoms with Gasteiger partial charge in [0, 0.05) is 63.1 Å².